The summed E-state index contributed by atoms with van der Waals surface area (Å²) < 4.78 is 28.1. The highest BCUT2D eigenvalue weighted by molar-refractivity contribution is 7.92. The van der Waals surface area contributed by atoms with Gasteiger partial charge in [0.1, 0.15) is 6.54 Å². The molecule has 32 heavy (non-hydrogen) atoms. The van der Waals surface area contributed by atoms with Gasteiger partial charge in [-0.25, -0.2) is 8.42 Å². The molecular weight excluding hydrogens is 420 g/mol. The number of sulfonamides is 1. The Morgan fingerprint density at radius 2 is 1.28 bits per heavy atom. The minimum Gasteiger partial charge on any atom is -0.348 e. The van der Waals surface area contributed by atoms with Crippen LogP contribution in [0.15, 0.2) is 77.7 Å². The van der Waals surface area contributed by atoms with Gasteiger partial charge in [0.15, 0.2) is 0 Å². The summed E-state index contributed by atoms with van der Waals surface area (Å²) in [7, 11) is -3.92. The molecule has 1 amide bonds. The lowest BCUT2D eigenvalue weighted by Crippen LogP contribution is -2.42. The minimum absolute atomic E-state index is 0.155. The number of rotatable bonds is 8. The smallest absolute Gasteiger partial charge is 0.264 e. The summed E-state index contributed by atoms with van der Waals surface area (Å²) in [5, 5.41) is 3.00. The topological polar surface area (TPSA) is 66.5 Å². The predicted molar refractivity (Wildman–Crippen MR) is 129 cm³/mol. The number of amides is 1. The lowest BCUT2D eigenvalue weighted by Gasteiger charge is -2.26. The zero-order chi connectivity index (χ0) is 23.3. The van der Waals surface area contributed by atoms with Crippen molar-refractivity contribution < 1.29 is 13.2 Å². The van der Waals surface area contributed by atoms with Crippen molar-refractivity contribution in [2.45, 2.75) is 45.1 Å². The Hall–Kier alpha value is -3.12. The lowest BCUT2D eigenvalue weighted by atomic mass is 10.0. The van der Waals surface area contributed by atoms with Gasteiger partial charge in [-0.15, -0.1) is 0 Å². The number of aryl methyl sites for hydroxylation is 3. The first-order valence-electron chi connectivity index (χ1n) is 10.7. The van der Waals surface area contributed by atoms with Gasteiger partial charge in [-0.05, 0) is 57.0 Å². The molecule has 3 aromatic carbocycles. The molecule has 0 heterocycles. The number of nitrogens with one attached hydrogen (secondary N) is 1. The van der Waals surface area contributed by atoms with Crippen molar-refractivity contribution >= 4 is 21.6 Å². The Kier molecular flexibility index (Phi) is 7.36. The van der Waals surface area contributed by atoms with E-state index in [1.807, 2.05) is 64.1 Å². The van der Waals surface area contributed by atoms with Crippen LogP contribution in [-0.4, -0.2) is 20.9 Å². The van der Waals surface area contributed by atoms with Crippen molar-refractivity contribution in [1.29, 1.82) is 0 Å². The number of nitrogens with zero attached hydrogens (tertiary/aromatic N) is 1. The molecule has 3 rings (SSSR count). The van der Waals surface area contributed by atoms with Crippen LogP contribution in [0, 0.1) is 20.8 Å². The fraction of sp³-hybridized carbons (Fsp3) is 0.269. The van der Waals surface area contributed by atoms with Gasteiger partial charge in [0.25, 0.3) is 10.0 Å². The van der Waals surface area contributed by atoms with Crippen molar-refractivity contribution in [2.24, 2.45) is 0 Å². The van der Waals surface area contributed by atoms with Crippen molar-refractivity contribution in [2.75, 3.05) is 10.8 Å². The Morgan fingerprint density at radius 1 is 0.812 bits per heavy atom. The number of carbonyl (C=O) groups excluding carboxylic acids is 1. The maximum absolute atomic E-state index is 13.5. The number of benzene rings is 3. The van der Waals surface area contributed by atoms with E-state index in [0.29, 0.717) is 12.1 Å². The van der Waals surface area contributed by atoms with Gasteiger partial charge in [0, 0.05) is 0 Å². The second-order valence-electron chi connectivity index (χ2n) is 8.10. The van der Waals surface area contributed by atoms with Crippen LogP contribution in [-0.2, 0) is 14.8 Å². The minimum atomic E-state index is -3.92. The summed E-state index contributed by atoms with van der Waals surface area (Å²) in [5.41, 5.74) is 4.57. The molecule has 0 aromatic heterocycles. The van der Waals surface area contributed by atoms with Crippen LogP contribution < -0.4 is 9.62 Å². The van der Waals surface area contributed by atoms with Crippen LogP contribution in [0.4, 0.5) is 5.69 Å². The molecule has 0 fully saturated rings. The van der Waals surface area contributed by atoms with Gasteiger partial charge in [0.05, 0.1) is 16.6 Å². The van der Waals surface area contributed by atoms with E-state index in [0.717, 1.165) is 22.3 Å². The van der Waals surface area contributed by atoms with E-state index in [1.54, 1.807) is 36.4 Å². The van der Waals surface area contributed by atoms with Crippen molar-refractivity contribution in [3.8, 4) is 0 Å². The molecule has 0 bridgehead atoms. The first-order chi connectivity index (χ1) is 15.2. The average Bonchev–Trinajstić information content (AvgIpc) is 2.77. The third-order valence-corrected chi connectivity index (χ3v) is 7.23. The SMILES string of the molecule is CC[C@@H](NC(=O)CN(c1ccc(C)cc1)S(=O)(=O)c1ccc(C)cc1)c1ccc(C)cc1. The molecule has 1 atom stereocenters. The van der Waals surface area contributed by atoms with Gasteiger partial charge >= 0.3 is 0 Å². The molecule has 0 radical (unpaired) electrons. The van der Waals surface area contributed by atoms with Gasteiger partial charge in [0.2, 0.25) is 5.91 Å². The van der Waals surface area contributed by atoms with Crippen molar-refractivity contribution in [1.82, 2.24) is 5.32 Å². The fourth-order valence-corrected chi connectivity index (χ4v) is 4.87. The summed E-state index contributed by atoms with van der Waals surface area (Å²) in [6.45, 7) is 7.53. The summed E-state index contributed by atoms with van der Waals surface area (Å²) >= 11 is 0. The average molecular weight is 451 g/mol. The largest absolute Gasteiger partial charge is 0.348 e. The van der Waals surface area contributed by atoms with E-state index in [9.17, 15) is 13.2 Å². The molecule has 1 N–H and O–H groups in total. The number of carbonyl (C=O) groups is 1. The zero-order valence-electron chi connectivity index (χ0n) is 19.0. The number of anilines is 1. The Bertz CT molecular complexity index is 1150. The van der Waals surface area contributed by atoms with Crippen LogP contribution in [0.25, 0.3) is 0 Å². The second kappa shape index (κ2) is 10.0. The molecule has 0 aliphatic carbocycles. The Labute approximate surface area is 191 Å². The van der Waals surface area contributed by atoms with Gasteiger partial charge in [-0.3, -0.25) is 9.10 Å². The van der Waals surface area contributed by atoms with Gasteiger partial charge < -0.3 is 5.32 Å². The molecule has 3 aromatic rings. The van der Waals surface area contributed by atoms with E-state index in [2.05, 4.69) is 5.32 Å². The maximum atomic E-state index is 13.5. The van der Waals surface area contributed by atoms with Crippen LogP contribution in [0.1, 0.15) is 41.6 Å². The Morgan fingerprint density at radius 3 is 1.78 bits per heavy atom. The molecule has 0 aliphatic rings. The van der Waals surface area contributed by atoms with E-state index < -0.39 is 10.0 Å². The van der Waals surface area contributed by atoms with Crippen LogP contribution in [0.2, 0.25) is 0 Å². The third-order valence-electron chi connectivity index (χ3n) is 5.44. The number of hydrogen-bond acceptors (Lipinski definition) is 3. The molecule has 6 heteroatoms. The molecule has 0 aliphatic heterocycles. The zero-order valence-corrected chi connectivity index (χ0v) is 19.8. The standard InChI is InChI=1S/C26H30N2O3S/c1-5-25(22-12-6-19(2)7-13-22)27-26(29)18-28(23-14-8-20(3)9-15-23)32(30,31)24-16-10-21(4)11-17-24/h6-17,25H,5,18H2,1-4H3,(H,27,29)/t25-/m1/s1. The molecular formula is C26H30N2O3S. The van der Waals surface area contributed by atoms with Crippen LogP contribution >= 0.6 is 0 Å². The first-order valence-corrected chi connectivity index (χ1v) is 12.2. The summed E-state index contributed by atoms with van der Waals surface area (Å²) in [4.78, 5) is 13.2. The van der Waals surface area contributed by atoms with Gasteiger partial charge in [-0.2, -0.15) is 0 Å². The molecule has 0 unspecified atom stereocenters. The molecule has 0 saturated carbocycles. The number of hydrogen-bond donors (Lipinski definition) is 1. The van der Waals surface area contributed by atoms with E-state index in [4.69, 9.17) is 0 Å². The molecule has 0 spiro atoms. The Balaban J connectivity index is 1.89. The first kappa shape index (κ1) is 23.5. The predicted octanol–water partition coefficient (Wildman–Crippen LogP) is 5.07. The normalized spacial score (nSPS) is 12.2. The lowest BCUT2D eigenvalue weighted by molar-refractivity contribution is -0.120. The quantitative estimate of drug-likeness (QED) is 0.521. The monoisotopic (exact) mass is 450 g/mol. The third kappa shape index (κ3) is 5.56. The maximum Gasteiger partial charge on any atom is 0.264 e. The van der Waals surface area contributed by atoms with E-state index >= 15 is 0 Å². The second-order valence-corrected chi connectivity index (χ2v) is 9.96. The van der Waals surface area contributed by atoms with Crippen LogP contribution in [0.3, 0.4) is 0 Å². The van der Waals surface area contributed by atoms with Crippen LogP contribution in [0.5, 0.6) is 0 Å². The van der Waals surface area contributed by atoms with E-state index in [1.165, 1.54) is 4.31 Å². The molecule has 5 nitrogen and oxygen atoms in total. The van der Waals surface area contributed by atoms with E-state index in [-0.39, 0.29) is 23.4 Å². The highest BCUT2D eigenvalue weighted by Crippen LogP contribution is 2.25. The summed E-state index contributed by atoms with van der Waals surface area (Å²) in [6, 6.07) is 21.6. The molecule has 0 saturated heterocycles. The molecule has 168 valence electrons. The van der Waals surface area contributed by atoms with Crippen molar-refractivity contribution in [3.05, 3.63) is 95.1 Å². The highest BCUT2D eigenvalue weighted by atomic mass is 32.2. The fourth-order valence-electron chi connectivity index (χ4n) is 3.45. The van der Waals surface area contributed by atoms with Crippen molar-refractivity contribution in [3.63, 3.8) is 0 Å². The van der Waals surface area contributed by atoms with Gasteiger partial charge in [-0.1, -0.05) is 72.1 Å². The summed E-state index contributed by atoms with van der Waals surface area (Å²) in [5.74, 6) is -0.353. The highest BCUT2D eigenvalue weighted by Gasteiger charge is 2.28. The summed E-state index contributed by atoms with van der Waals surface area (Å²) in [6.07, 6.45) is 0.698.